The van der Waals surface area contributed by atoms with Crippen LogP contribution in [0.4, 0.5) is 0 Å². The lowest BCUT2D eigenvalue weighted by Gasteiger charge is -2.34. The topological polar surface area (TPSA) is 62.6 Å². The molecule has 174 valence electrons. The van der Waals surface area contributed by atoms with Crippen LogP contribution in [0.1, 0.15) is 24.2 Å². The second kappa shape index (κ2) is 10.5. The van der Waals surface area contributed by atoms with Crippen LogP contribution in [0.3, 0.4) is 0 Å². The number of amides is 1. The molecular weight excluding hydrogens is 414 g/mol. The Kier molecular flexibility index (Phi) is 7.00. The zero-order valence-corrected chi connectivity index (χ0v) is 19.2. The Labute approximate surface area is 195 Å². The van der Waals surface area contributed by atoms with Gasteiger partial charge < -0.3 is 14.6 Å². The van der Waals surface area contributed by atoms with E-state index < -0.39 is 0 Å². The molecule has 1 N–H and O–H groups in total. The molecule has 5 rings (SSSR count). The van der Waals surface area contributed by atoms with Crippen LogP contribution in [-0.4, -0.2) is 77.2 Å². The van der Waals surface area contributed by atoms with Crippen molar-refractivity contribution in [2.75, 3.05) is 45.9 Å². The summed E-state index contributed by atoms with van der Waals surface area (Å²) >= 11 is 0. The Morgan fingerprint density at radius 2 is 1.73 bits per heavy atom. The number of imidazole rings is 1. The fraction of sp³-hybridized carbons (Fsp3) is 0.462. The molecule has 0 spiro atoms. The molecule has 2 fully saturated rings. The molecule has 1 atom stereocenters. The molecule has 0 unspecified atom stereocenters. The van der Waals surface area contributed by atoms with Crippen molar-refractivity contribution in [1.82, 2.24) is 24.7 Å². The van der Waals surface area contributed by atoms with Crippen molar-refractivity contribution >= 4 is 16.9 Å². The zero-order valence-electron chi connectivity index (χ0n) is 19.2. The summed E-state index contributed by atoms with van der Waals surface area (Å²) in [7, 11) is 0. The molecule has 0 bridgehead atoms. The molecular formula is C26H33N5O2. The van der Waals surface area contributed by atoms with Crippen molar-refractivity contribution in [2.45, 2.75) is 32.0 Å². The summed E-state index contributed by atoms with van der Waals surface area (Å²) in [6, 6.07) is 18.9. The van der Waals surface area contributed by atoms with Gasteiger partial charge in [0.25, 0.3) is 0 Å². The van der Waals surface area contributed by atoms with Gasteiger partial charge in [-0.3, -0.25) is 14.6 Å². The molecule has 7 nitrogen and oxygen atoms in total. The van der Waals surface area contributed by atoms with Crippen LogP contribution in [0.25, 0.3) is 11.0 Å². The number of benzene rings is 2. The van der Waals surface area contributed by atoms with Crippen molar-refractivity contribution in [2.24, 2.45) is 0 Å². The van der Waals surface area contributed by atoms with Gasteiger partial charge in [-0.05, 0) is 30.5 Å². The molecule has 3 heterocycles. The van der Waals surface area contributed by atoms with Gasteiger partial charge in [0.1, 0.15) is 5.82 Å². The quantitative estimate of drug-likeness (QED) is 0.575. The van der Waals surface area contributed by atoms with Gasteiger partial charge in [-0.1, -0.05) is 42.5 Å². The van der Waals surface area contributed by atoms with E-state index in [2.05, 4.69) is 74.3 Å². The highest BCUT2D eigenvalue weighted by Crippen LogP contribution is 2.20. The maximum Gasteiger partial charge on any atom is 0.234 e. The van der Waals surface area contributed by atoms with Gasteiger partial charge >= 0.3 is 0 Å². The Hall–Kier alpha value is -2.74. The van der Waals surface area contributed by atoms with E-state index >= 15 is 0 Å². The minimum atomic E-state index is 0.101. The lowest BCUT2D eigenvalue weighted by molar-refractivity contribution is -0.123. The van der Waals surface area contributed by atoms with Crippen molar-refractivity contribution in [3.8, 4) is 0 Å². The summed E-state index contributed by atoms with van der Waals surface area (Å²) in [6.07, 6.45) is 2.34. The predicted octanol–water partition coefficient (Wildman–Crippen LogP) is 2.50. The minimum Gasteiger partial charge on any atom is -0.376 e. The largest absolute Gasteiger partial charge is 0.376 e. The SMILES string of the molecule is O=C(CN1CCN(Cc2nc3ccccc3n2Cc2ccccc2)CC1)NC[C@H]1CCCO1. The Bertz CT molecular complexity index is 1050. The van der Waals surface area contributed by atoms with Crippen molar-refractivity contribution in [1.29, 1.82) is 0 Å². The third-order valence-corrected chi connectivity index (χ3v) is 6.67. The number of hydrogen-bond acceptors (Lipinski definition) is 5. The number of para-hydroxylation sites is 2. The number of nitrogens with zero attached hydrogens (tertiary/aromatic N) is 4. The molecule has 0 saturated carbocycles. The maximum atomic E-state index is 12.3. The second-order valence-corrected chi connectivity index (χ2v) is 9.08. The summed E-state index contributed by atoms with van der Waals surface area (Å²) in [5, 5.41) is 3.04. The van der Waals surface area contributed by atoms with E-state index in [1.54, 1.807) is 0 Å². The molecule has 1 amide bonds. The van der Waals surface area contributed by atoms with Crippen LogP contribution < -0.4 is 5.32 Å². The van der Waals surface area contributed by atoms with Gasteiger partial charge in [-0.25, -0.2) is 4.98 Å². The lowest BCUT2D eigenvalue weighted by atomic mass is 10.2. The van der Waals surface area contributed by atoms with Crippen LogP contribution in [-0.2, 0) is 22.6 Å². The average Bonchev–Trinajstić information content (AvgIpc) is 3.48. The molecule has 2 aromatic carbocycles. The number of nitrogens with one attached hydrogen (secondary N) is 1. The Morgan fingerprint density at radius 1 is 0.970 bits per heavy atom. The molecule has 33 heavy (non-hydrogen) atoms. The molecule has 0 radical (unpaired) electrons. The van der Waals surface area contributed by atoms with E-state index in [-0.39, 0.29) is 12.0 Å². The molecule has 2 saturated heterocycles. The molecule has 0 aliphatic carbocycles. The first-order valence-electron chi connectivity index (χ1n) is 12.1. The fourth-order valence-corrected chi connectivity index (χ4v) is 4.79. The molecule has 1 aromatic heterocycles. The number of fused-ring (bicyclic) bond motifs is 1. The molecule has 3 aromatic rings. The van der Waals surface area contributed by atoms with Gasteiger partial charge in [-0.15, -0.1) is 0 Å². The summed E-state index contributed by atoms with van der Waals surface area (Å²) in [6.45, 7) is 7.23. The third-order valence-electron chi connectivity index (χ3n) is 6.67. The second-order valence-electron chi connectivity index (χ2n) is 9.08. The van der Waals surface area contributed by atoms with Crippen molar-refractivity contribution in [3.05, 3.63) is 66.0 Å². The molecule has 2 aliphatic heterocycles. The normalized spacial score (nSPS) is 19.8. The zero-order chi connectivity index (χ0) is 22.5. The smallest absolute Gasteiger partial charge is 0.234 e. The van der Waals surface area contributed by atoms with E-state index in [0.29, 0.717) is 13.1 Å². The third kappa shape index (κ3) is 5.61. The highest BCUT2D eigenvalue weighted by Gasteiger charge is 2.22. The van der Waals surface area contributed by atoms with Gasteiger partial charge in [-0.2, -0.15) is 0 Å². The van der Waals surface area contributed by atoms with Crippen molar-refractivity contribution < 1.29 is 9.53 Å². The number of carbonyl (C=O) groups excluding carboxylic acids is 1. The van der Waals surface area contributed by atoms with Gasteiger partial charge in [0.15, 0.2) is 0 Å². The number of aromatic nitrogens is 2. The van der Waals surface area contributed by atoms with Crippen molar-refractivity contribution in [3.63, 3.8) is 0 Å². The van der Waals surface area contributed by atoms with Gasteiger partial charge in [0.2, 0.25) is 5.91 Å². The molecule has 2 aliphatic rings. The first kappa shape index (κ1) is 22.1. The number of ether oxygens (including phenoxy) is 1. The first-order chi connectivity index (χ1) is 16.2. The Balaban J connectivity index is 1.17. The summed E-state index contributed by atoms with van der Waals surface area (Å²) in [5.41, 5.74) is 3.50. The Morgan fingerprint density at radius 3 is 2.52 bits per heavy atom. The predicted molar refractivity (Wildman–Crippen MR) is 129 cm³/mol. The highest BCUT2D eigenvalue weighted by molar-refractivity contribution is 5.78. The first-order valence-corrected chi connectivity index (χ1v) is 12.1. The van der Waals surface area contributed by atoms with E-state index in [4.69, 9.17) is 9.72 Å². The van der Waals surface area contributed by atoms with E-state index in [9.17, 15) is 4.79 Å². The van der Waals surface area contributed by atoms with E-state index in [0.717, 1.165) is 70.1 Å². The molecule has 7 heteroatoms. The maximum absolute atomic E-state index is 12.3. The lowest BCUT2D eigenvalue weighted by Crippen LogP contribution is -2.49. The van der Waals surface area contributed by atoms with Crippen LogP contribution in [0.15, 0.2) is 54.6 Å². The summed E-state index contributed by atoms with van der Waals surface area (Å²) in [4.78, 5) is 22.0. The number of piperazine rings is 1. The minimum absolute atomic E-state index is 0.101. The van der Waals surface area contributed by atoms with E-state index in [1.807, 2.05) is 0 Å². The average molecular weight is 448 g/mol. The van der Waals surface area contributed by atoms with Crippen LogP contribution in [0, 0.1) is 0 Å². The fourth-order valence-electron chi connectivity index (χ4n) is 4.79. The highest BCUT2D eigenvalue weighted by atomic mass is 16.5. The summed E-state index contributed by atoms with van der Waals surface area (Å²) in [5.74, 6) is 1.20. The van der Waals surface area contributed by atoms with Gasteiger partial charge in [0, 0.05) is 45.9 Å². The number of rotatable bonds is 8. The number of hydrogen-bond donors (Lipinski definition) is 1. The monoisotopic (exact) mass is 447 g/mol. The van der Waals surface area contributed by atoms with Crippen LogP contribution in [0.2, 0.25) is 0 Å². The van der Waals surface area contributed by atoms with Crippen LogP contribution >= 0.6 is 0 Å². The summed E-state index contributed by atoms with van der Waals surface area (Å²) < 4.78 is 7.93. The standard InChI is InChI=1S/C26H33N5O2/c32-26(27-17-22-9-6-16-33-22)20-30-14-12-29(13-15-30)19-25-28-23-10-4-5-11-24(23)31(25)18-21-7-2-1-3-8-21/h1-5,7-8,10-11,22H,6,9,12-20H2,(H,27,32)/t22-/m1/s1. The van der Waals surface area contributed by atoms with Crippen LogP contribution in [0.5, 0.6) is 0 Å². The van der Waals surface area contributed by atoms with E-state index in [1.165, 1.54) is 11.1 Å². The van der Waals surface area contributed by atoms with Gasteiger partial charge in [0.05, 0.1) is 30.2 Å². The number of carbonyl (C=O) groups is 1.